The van der Waals surface area contributed by atoms with Crippen molar-refractivity contribution in [1.29, 1.82) is 0 Å². The van der Waals surface area contributed by atoms with Gasteiger partial charge < -0.3 is 9.64 Å². The Morgan fingerprint density at radius 1 is 1.33 bits per heavy atom. The molecule has 0 aromatic heterocycles. The Hall–Kier alpha value is -1.09. The largest absolute Gasteiger partial charge is 0.473 e. The second-order valence-corrected chi connectivity index (χ2v) is 6.64. The van der Waals surface area contributed by atoms with Crippen LogP contribution in [0, 0.1) is 5.92 Å². The van der Waals surface area contributed by atoms with Crippen LogP contribution in [-0.2, 0) is 0 Å². The number of benzene rings is 1. The lowest BCUT2D eigenvalue weighted by Gasteiger charge is -2.35. The Kier molecular flexibility index (Phi) is 2.37. The molecule has 2 atom stereocenters. The van der Waals surface area contributed by atoms with Crippen LogP contribution in [-0.4, -0.2) is 11.6 Å². The van der Waals surface area contributed by atoms with Crippen molar-refractivity contribution in [2.75, 3.05) is 6.73 Å². The smallest absolute Gasteiger partial charge is 0.162 e. The number of nitrogens with zero attached hydrogens (tertiary/aromatic N) is 1. The number of hydrogen-bond acceptors (Lipinski definition) is 3. The lowest BCUT2D eigenvalue weighted by atomic mass is 9.93. The molecule has 2 unspecified atom stereocenters. The van der Waals surface area contributed by atoms with Gasteiger partial charge in [0.15, 0.2) is 6.73 Å². The van der Waals surface area contributed by atoms with Crippen LogP contribution in [0.2, 0.25) is 0 Å². The monoisotopic (exact) mass is 259 g/mol. The molecule has 4 rings (SSSR count). The first-order valence-corrected chi connectivity index (χ1v) is 7.58. The summed E-state index contributed by atoms with van der Waals surface area (Å²) in [5.74, 6) is 1.91. The standard InChI is InChI=1S/C15H17NOS/c1-10-6-7-12-14(8-10)18-15-11-4-2-3-5-13(11)17-9-16(12)15/h2-5,10,15H,6-9H2,1H3. The molecule has 0 fully saturated rings. The van der Waals surface area contributed by atoms with E-state index in [1.54, 1.807) is 10.6 Å². The van der Waals surface area contributed by atoms with Crippen LogP contribution < -0.4 is 4.74 Å². The molecule has 2 nitrogen and oxygen atoms in total. The van der Waals surface area contributed by atoms with Gasteiger partial charge in [-0.25, -0.2) is 0 Å². The lowest BCUT2D eigenvalue weighted by Crippen LogP contribution is -2.32. The molecule has 0 spiro atoms. The van der Waals surface area contributed by atoms with Crippen LogP contribution in [0.25, 0.3) is 0 Å². The maximum absolute atomic E-state index is 5.89. The van der Waals surface area contributed by atoms with E-state index in [9.17, 15) is 0 Å². The molecule has 0 N–H and O–H groups in total. The molecule has 18 heavy (non-hydrogen) atoms. The highest BCUT2D eigenvalue weighted by molar-refractivity contribution is 8.03. The Balaban J connectivity index is 1.72. The van der Waals surface area contributed by atoms with Crippen molar-refractivity contribution in [3.8, 4) is 5.75 Å². The fourth-order valence-electron chi connectivity index (χ4n) is 3.15. The third-order valence-electron chi connectivity index (χ3n) is 4.16. The molecule has 1 aromatic rings. The van der Waals surface area contributed by atoms with Crippen molar-refractivity contribution in [1.82, 2.24) is 4.90 Å². The molecule has 2 aliphatic heterocycles. The number of allylic oxidation sites excluding steroid dienone is 2. The number of fused-ring (bicyclic) bond motifs is 4. The third-order valence-corrected chi connectivity index (χ3v) is 5.58. The van der Waals surface area contributed by atoms with E-state index >= 15 is 0 Å². The summed E-state index contributed by atoms with van der Waals surface area (Å²) in [4.78, 5) is 4.08. The number of para-hydroxylation sites is 1. The highest BCUT2D eigenvalue weighted by Crippen LogP contribution is 2.56. The van der Waals surface area contributed by atoms with Crippen LogP contribution in [0.5, 0.6) is 5.75 Å². The molecule has 3 aliphatic rings. The van der Waals surface area contributed by atoms with E-state index < -0.39 is 0 Å². The normalized spacial score (nSPS) is 29.5. The average molecular weight is 259 g/mol. The molecule has 0 bridgehead atoms. The molecule has 0 saturated heterocycles. The second-order valence-electron chi connectivity index (χ2n) is 5.47. The zero-order valence-corrected chi connectivity index (χ0v) is 11.4. The van der Waals surface area contributed by atoms with E-state index in [1.807, 2.05) is 0 Å². The summed E-state index contributed by atoms with van der Waals surface area (Å²) in [5.41, 5.74) is 2.90. The van der Waals surface area contributed by atoms with Crippen molar-refractivity contribution in [3.05, 3.63) is 40.4 Å². The first-order chi connectivity index (χ1) is 8.83. The van der Waals surface area contributed by atoms with E-state index in [2.05, 4.69) is 47.9 Å². The fourth-order valence-corrected chi connectivity index (χ4v) is 4.79. The topological polar surface area (TPSA) is 12.5 Å². The Bertz CT molecular complexity index is 525. The van der Waals surface area contributed by atoms with Crippen molar-refractivity contribution >= 4 is 11.8 Å². The predicted octanol–water partition coefficient (Wildman–Crippen LogP) is 4.12. The minimum Gasteiger partial charge on any atom is -0.473 e. The second kappa shape index (κ2) is 3.95. The van der Waals surface area contributed by atoms with Gasteiger partial charge in [0.1, 0.15) is 11.1 Å². The van der Waals surface area contributed by atoms with Gasteiger partial charge in [0.2, 0.25) is 0 Å². The van der Waals surface area contributed by atoms with Crippen molar-refractivity contribution < 1.29 is 4.74 Å². The van der Waals surface area contributed by atoms with Gasteiger partial charge in [0.25, 0.3) is 0 Å². The van der Waals surface area contributed by atoms with Gasteiger partial charge >= 0.3 is 0 Å². The first kappa shape index (κ1) is 10.8. The van der Waals surface area contributed by atoms with E-state index in [-0.39, 0.29) is 0 Å². The minimum absolute atomic E-state index is 0.463. The van der Waals surface area contributed by atoms with Gasteiger partial charge in [0, 0.05) is 16.2 Å². The van der Waals surface area contributed by atoms with Gasteiger partial charge in [-0.15, -0.1) is 0 Å². The Morgan fingerprint density at radius 2 is 2.22 bits per heavy atom. The maximum Gasteiger partial charge on any atom is 0.162 e. The third kappa shape index (κ3) is 1.50. The quantitative estimate of drug-likeness (QED) is 0.695. The van der Waals surface area contributed by atoms with E-state index in [1.165, 1.54) is 24.8 Å². The SMILES string of the molecule is CC1CCC2=C(C1)SC1c3ccccc3OCN21. The molecular formula is C15H17NOS. The van der Waals surface area contributed by atoms with Crippen LogP contribution in [0.4, 0.5) is 0 Å². The van der Waals surface area contributed by atoms with Gasteiger partial charge in [-0.05, 0) is 31.2 Å². The van der Waals surface area contributed by atoms with E-state index in [0.717, 1.165) is 18.4 Å². The summed E-state index contributed by atoms with van der Waals surface area (Å²) < 4.78 is 5.89. The van der Waals surface area contributed by atoms with Gasteiger partial charge in [-0.3, -0.25) is 0 Å². The average Bonchev–Trinajstić information content (AvgIpc) is 2.76. The summed E-state index contributed by atoms with van der Waals surface area (Å²) in [6.07, 6.45) is 3.81. The summed E-state index contributed by atoms with van der Waals surface area (Å²) in [6, 6.07) is 8.48. The van der Waals surface area contributed by atoms with Gasteiger partial charge in [-0.2, -0.15) is 0 Å². The number of thioether (sulfide) groups is 1. The zero-order valence-electron chi connectivity index (χ0n) is 10.6. The van der Waals surface area contributed by atoms with Crippen molar-refractivity contribution in [2.45, 2.75) is 31.6 Å². The highest BCUT2D eigenvalue weighted by atomic mass is 32.2. The Labute approximate surface area is 112 Å². The van der Waals surface area contributed by atoms with Crippen LogP contribution >= 0.6 is 11.8 Å². The molecule has 0 saturated carbocycles. The van der Waals surface area contributed by atoms with E-state index in [0.29, 0.717) is 5.37 Å². The molecule has 2 heterocycles. The van der Waals surface area contributed by atoms with E-state index in [4.69, 9.17) is 4.74 Å². The van der Waals surface area contributed by atoms with Gasteiger partial charge in [0.05, 0.1) is 0 Å². The molecule has 94 valence electrons. The molecule has 1 aromatic carbocycles. The molecule has 3 heteroatoms. The molecular weight excluding hydrogens is 242 g/mol. The Morgan fingerprint density at radius 3 is 3.17 bits per heavy atom. The summed E-state index contributed by atoms with van der Waals surface area (Å²) >= 11 is 2.05. The highest BCUT2D eigenvalue weighted by Gasteiger charge is 2.39. The minimum atomic E-state index is 0.463. The summed E-state index contributed by atoms with van der Waals surface area (Å²) in [5, 5.41) is 0.463. The summed E-state index contributed by atoms with van der Waals surface area (Å²) in [7, 11) is 0. The number of hydrogen-bond donors (Lipinski definition) is 0. The molecule has 1 aliphatic carbocycles. The maximum atomic E-state index is 5.89. The fraction of sp³-hybridized carbons (Fsp3) is 0.467. The molecule has 0 amide bonds. The van der Waals surface area contributed by atoms with Crippen molar-refractivity contribution in [3.63, 3.8) is 0 Å². The molecule has 0 radical (unpaired) electrons. The first-order valence-electron chi connectivity index (χ1n) is 6.70. The van der Waals surface area contributed by atoms with Crippen LogP contribution in [0.15, 0.2) is 34.9 Å². The number of ether oxygens (including phenoxy) is 1. The lowest BCUT2D eigenvalue weighted by molar-refractivity contribution is 0.121. The van der Waals surface area contributed by atoms with Gasteiger partial charge in [-0.1, -0.05) is 36.9 Å². The van der Waals surface area contributed by atoms with Crippen molar-refractivity contribution in [2.24, 2.45) is 5.92 Å². The summed E-state index contributed by atoms with van der Waals surface area (Å²) in [6.45, 7) is 3.09. The van der Waals surface area contributed by atoms with Crippen LogP contribution in [0.1, 0.15) is 37.1 Å². The number of rotatable bonds is 0. The van der Waals surface area contributed by atoms with Crippen LogP contribution in [0.3, 0.4) is 0 Å². The predicted molar refractivity (Wildman–Crippen MR) is 74.1 cm³/mol. The zero-order chi connectivity index (χ0) is 12.1.